The van der Waals surface area contributed by atoms with Crippen LogP contribution in [0.15, 0.2) is 72.9 Å². The van der Waals surface area contributed by atoms with E-state index in [0.29, 0.717) is 69.1 Å². The molecule has 3 aliphatic heterocycles. The molecule has 1 unspecified atom stereocenters. The molecule has 4 heterocycles. The number of carbonyl (C=O) groups excluding carboxylic acids is 3. The summed E-state index contributed by atoms with van der Waals surface area (Å²) in [6.07, 6.45) is -1.38. The van der Waals surface area contributed by atoms with E-state index in [4.69, 9.17) is 4.74 Å². The lowest BCUT2D eigenvalue weighted by molar-refractivity contribution is -0.137. The minimum atomic E-state index is -4.73. The highest BCUT2D eigenvalue weighted by molar-refractivity contribution is 6.01. The van der Waals surface area contributed by atoms with Crippen molar-refractivity contribution in [3.8, 4) is 5.75 Å². The van der Waals surface area contributed by atoms with Crippen LogP contribution >= 0.6 is 0 Å². The van der Waals surface area contributed by atoms with Crippen molar-refractivity contribution in [2.24, 2.45) is 0 Å². The number of alkyl halides is 3. The van der Waals surface area contributed by atoms with Crippen LogP contribution in [0.25, 0.3) is 0 Å². The number of amides is 3. The van der Waals surface area contributed by atoms with Crippen molar-refractivity contribution in [2.45, 2.75) is 43.8 Å². The van der Waals surface area contributed by atoms with E-state index in [1.165, 1.54) is 24.8 Å². The van der Waals surface area contributed by atoms with Gasteiger partial charge >= 0.3 is 6.18 Å². The van der Waals surface area contributed by atoms with Gasteiger partial charge in [-0.3, -0.25) is 24.6 Å². The van der Waals surface area contributed by atoms with Crippen molar-refractivity contribution in [1.82, 2.24) is 25.1 Å². The third-order valence-electron chi connectivity index (χ3n) is 10.5. The smallest absolute Gasteiger partial charge is 0.421 e. The Bertz CT molecular complexity index is 2070. The predicted octanol–water partition coefficient (Wildman–Crippen LogP) is 5.88. The number of nitrogens with one attached hydrogen (secondary N) is 4. The van der Waals surface area contributed by atoms with Crippen LogP contribution in [0, 0.1) is 5.82 Å². The maximum Gasteiger partial charge on any atom is 0.421 e. The van der Waals surface area contributed by atoms with E-state index in [2.05, 4.69) is 53.2 Å². The quantitative estimate of drug-likeness (QED) is 0.107. The van der Waals surface area contributed by atoms with Crippen LogP contribution in [0.3, 0.4) is 0 Å². The zero-order valence-corrected chi connectivity index (χ0v) is 31.2. The van der Waals surface area contributed by atoms with E-state index in [1.807, 2.05) is 29.2 Å². The second-order valence-corrected chi connectivity index (χ2v) is 14.3. The largest absolute Gasteiger partial charge is 0.494 e. The van der Waals surface area contributed by atoms with Crippen molar-refractivity contribution in [3.63, 3.8) is 0 Å². The highest BCUT2D eigenvalue weighted by Crippen LogP contribution is 2.37. The van der Waals surface area contributed by atoms with Crippen molar-refractivity contribution < 1.29 is 36.7 Å². The van der Waals surface area contributed by atoms with Gasteiger partial charge in [-0.05, 0) is 92.4 Å². The van der Waals surface area contributed by atoms with Gasteiger partial charge < -0.3 is 30.5 Å². The van der Waals surface area contributed by atoms with Gasteiger partial charge in [0.1, 0.15) is 29.0 Å². The summed E-state index contributed by atoms with van der Waals surface area (Å²) in [6.45, 7) is 4.33. The number of piperazine rings is 1. The van der Waals surface area contributed by atoms with Crippen LogP contribution in [0.5, 0.6) is 5.75 Å². The summed E-state index contributed by atoms with van der Waals surface area (Å²) >= 11 is 0. The molecule has 3 amide bonds. The Kier molecular flexibility index (Phi) is 11.7. The summed E-state index contributed by atoms with van der Waals surface area (Å²) in [6, 6.07) is 18.0. The number of anilines is 6. The number of hydrogen-bond acceptors (Lipinski definition) is 11. The Hall–Kier alpha value is -5.97. The summed E-state index contributed by atoms with van der Waals surface area (Å²) in [7, 11) is 1.48. The van der Waals surface area contributed by atoms with E-state index in [1.54, 1.807) is 6.07 Å². The Balaban J connectivity index is 0.888. The average Bonchev–Trinajstić information content (AvgIpc) is 3.20. The van der Waals surface area contributed by atoms with Crippen molar-refractivity contribution in [1.29, 1.82) is 0 Å². The van der Waals surface area contributed by atoms with Gasteiger partial charge in [-0.15, -0.1) is 0 Å². The van der Waals surface area contributed by atoms with Crippen molar-refractivity contribution in [3.05, 3.63) is 89.9 Å². The summed E-state index contributed by atoms with van der Waals surface area (Å²) in [5.41, 5.74) is 2.50. The number of benzene rings is 3. The number of rotatable bonds is 11. The SMILES string of the molecule is COc1cc(N2CCN(C(=O)CN3CCC(c4ccc(NC5CCC(=O)NC5=O)cc4)CC3)CC2)ccc1Nc1ncc(C(F)(F)F)c(Nc2ccc(F)cc2)n1. The number of nitrogens with zero attached hydrogens (tertiary/aromatic N) is 5. The van der Waals surface area contributed by atoms with Crippen LogP contribution in [0.2, 0.25) is 0 Å². The fraction of sp³-hybridized carbons (Fsp3) is 0.375. The first-order chi connectivity index (χ1) is 27.4. The molecule has 300 valence electrons. The lowest BCUT2D eigenvalue weighted by Gasteiger charge is -2.38. The second kappa shape index (κ2) is 17.0. The van der Waals surface area contributed by atoms with Gasteiger partial charge in [-0.2, -0.15) is 18.2 Å². The Morgan fingerprint density at radius 3 is 2.26 bits per heavy atom. The highest BCUT2D eigenvalue weighted by atomic mass is 19.4. The Morgan fingerprint density at radius 1 is 0.895 bits per heavy atom. The Morgan fingerprint density at radius 2 is 1.60 bits per heavy atom. The summed E-state index contributed by atoms with van der Waals surface area (Å²) in [4.78, 5) is 51.1. The van der Waals surface area contributed by atoms with E-state index in [-0.39, 0.29) is 29.4 Å². The average molecular weight is 790 g/mol. The molecule has 17 heteroatoms. The van der Waals surface area contributed by atoms with Crippen LogP contribution in [-0.2, 0) is 20.6 Å². The third-order valence-corrected chi connectivity index (χ3v) is 10.5. The van der Waals surface area contributed by atoms with Gasteiger partial charge in [0, 0.05) is 61.9 Å². The Labute approximate surface area is 326 Å². The standard InChI is InChI=1S/C40H43F4N9O4/c1-57-34-22-30(10-11-32(34)48-39-45-23-31(40(42,43)44)37(50-39)47-29-8-4-27(41)5-9-29)52-18-20-53(21-19-52)36(55)24-51-16-14-26(15-17-51)25-2-6-28(7-3-25)46-33-12-13-35(54)49-38(33)56/h2-11,22-23,26,33,46H,12-21,24H2,1H3,(H,49,54,56)(H2,45,47,48,50). The normalized spacial score (nSPS) is 18.2. The van der Waals surface area contributed by atoms with Crippen LogP contribution in [-0.4, -0.2) is 96.5 Å². The highest BCUT2D eigenvalue weighted by Gasteiger charge is 2.36. The molecule has 0 radical (unpaired) electrons. The monoisotopic (exact) mass is 789 g/mol. The number of likely N-dealkylation sites (tertiary alicyclic amines) is 1. The number of imide groups is 1. The molecule has 1 atom stereocenters. The number of methoxy groups -OCH3 is 1. The number of hydrogen-bond donors (Lipinski definition) is 4. The molecule has 7 rings (SSSR count). The summed E-state index contributed by atoms with van der Waals surface area (Å²) < 4.78 is 60.3. The number of piperidine rings is 2. The molecule has 57 heavy (non-hydrogen) atoms. The molecular formula is C40H43F4N9O4. The third kappa shape index (κ3) is 9.71. The molecule has 4 N–H and O–H groups in total. The molecule has 3 aromatic carbocycles. The molecule has 4 aromatic rings. The minimum Gasteiger partial charge on any atom is -0.494 e. The van der Waals surface area contributed by atoms with Crippen LogP contribution in [0.1, 0.15) is 42.7 Å². The van der Waals surface area contributed by atoms with E-state index < -0.39 is 29.4 Å². The molecule has 0 spiro atoms. The summed E-state index contributed by atoms with van der Waals surface area (Å²) in [5, 5.41) is 11.1. The van der Waals surface area contributed by atoms with Crippen molar-refractivity contribution >= 4 is 52.2 Å². The molecule has 0 aliphatic carbocycles. The van der Waals surface area contributed by atoms with Crippen LogP contribution in [0.4, 0.5) is 52.1 Å². The first-order valence-corrected chi connectivity index (χ1v) is 18.8. The predicted molar refractivity (Wildman–Crippen MR) is 206 cm³/mol. The maximum atomic E-state index is 13.8. The summed E-state index contributed by atoms with van der Waals surface area (Å²) in [5.74, 6) is -0.765. The second-order valence-electron chi connectivity index (χ2n) is 14.3. The van der Waals surface area contributed by atoms with E-state index in [0.717, 1.165) is 49.4 Å². The molecular weight excluding hydrogens is 746 g/mol. The van der Waals surface area contributed by atoms with Gasteiger partial charge in [0.25, 0.3) is 0 Å². The van der Waals surface area contributed by atoms with E-state index >= 15 is 0 Å². The van der Waals surface area contributed by atoms with Crippen LogP contribution < -0.4 is 30.9 Å². The molecule has 3 aliphatic rings. The molecule has 1 aromatic heterocycles. The molecule has 13 nitrogen and oxygen atoms in total. The maximum absolute atomic E-state index is 13.8. The number of ether oxygens (including phenoxy) is 1. The minimum absolute atomic E-state index is 0.0962. The number of carbonyl (C=O) groups is 3. The topological polar surface area (TPSA) is 144 Å². The lowest BCUT2D eigenvalue weighted by atomic mass is 9.89. The first-order valence-electron chi connectivity index (χ1n) is 18.8. The lowest BCUT2D eigenvalue weighted by Crippen LogP contribution is -2.51. The van der Waals surface area contributed by atoms with Gasteiger partial charge in [0.2, 0.25) is 23.7 Å². The van der Waals surface area contributed by atoms with E-state index in [9.17, 15) is 31.9 Å². The van der Waals surface area contributed by atoms with Gasteiger partial charge in [0.05, 0.1) is 19.3 Å². The zero-order valence-electron chi connectivity index (χ0n) is 31.2. The molecule has 0 bridgehead atoms. The zero-order chi connectivity index (χ0) is 40.1. The van der Waals surface area contributed by atoms with Crippen molar-refractivity contribution in [2.75, 3.05) is 73.8 Å². The fourth-order valence-corrected chi connectivity index (χ4v) is 7.33. The molecule has 3 fully saturated rings. The number of halogens is 4. The fourth-order valence-electron chi connectivity index (χ4n) is 7.33. The number of aromatic nitrogens is 2. The van der Waals surface area contributed by atoms with Gasteiger partial charge in [-0.25, -0.2) is 9.37 Å². The van der Waals surface area contributed by atoms with Gasteiger partial charge in [0.15, 0.2) is 0 Å². The molecule has 0 saturated carbocycles. The van der Waals surface area contributed by atoms with Gasteiger partial charge in [-0.1, -0.05) is 12.1 Å². The first kappa shape index (κ1) is 39.3. The molecule has 3 saturated heterocycles.